The summed E-state index contributed by atoms with van der Waals surface area (Å²) in [4.78, 5) is 12.6. The minimum absolute atomic E-state index is 0.0246. The molecule has 1 aliphatic heterocycles. The number of carbonyl (C=O) groups excluding carboxylic acids is 1. The number of phenols is 3. The maximum Gasteiger partial charge on any atom is 0.181 e. The second-order valence-corrected chi connectivity index (χ2v) is 4.99. The molecular formula is C16H14O6. The van der Waals surface area contributed by atoms with E-state index >= 15 is 0 Å². The van der Waals surface area contributed by atoms with Crippen molar-refractivity contribution in [2.45, 2.75) is 5.92 Å². The largest absolute Gasteiger partial charge is 0.508 e. The molecule has 0 saturated carbocycles. The fourth-order valence-corrected chi connectivity index (χ4v) is 2.54. The molecule has 0 aliphatic carbocycles. The number of rotatable bonds is 2. The van der Waals surface area contributed by atoms with Crippen molar-refractivity contribution in [3.8, 4) is 28.7 Å². The zero-order valence-electron chi connectivity index (χ0n) is 11.7. The SMILES string of the molecule is COc1cc(O)c2c(c1)OCC(c1ccc(O)cc1O)C2=O. The Balaban J connectivity index is 2.04. The highest BCUT2D eigenvalue weighted by atomic mass is 16.5. The minimum Gasteiger partial charge on any atom is -0.508 e. The van der Waals surface area contributed by atoms with E-state index in [-0.39, 0.29) is 41.0 Å². The van der Waals surface area contributed by atoms with E-state index in [1.165, 1.54) is 31.4 Å². The Morgan fingerprint density at radius 1 is 1.14 bits per heavy atom. The van der Waals surface area contributed by atoms with Gasteiger partial charge in [0.25, 0.3) is 0 Å². The van der Waals surface area contributed by atoms with Crippen molar-refractivity contribution in [3.63, 3.8) is 0 Å². The predicted octanol–water partition coefficient (Wildman–Crippen LogP) is 2.17. The van der Waals surface area contributed by atoms with Crippen LogP contribution in [0.1, 0.15) is 21.8 Å². The molecular weight excluding hydrogens is 288 g/mol. The van der Waals surface area contributed by atoms with Crippen LogP contribution in [0.25, 0.3) is 0 Å². The van der Waals surface area contributed by atoms with Crippen LogP contribution in [0.4, 0.5) is 0 Å². The zero-order valence-corrected chi connectivity index (χ0v) is 11.7. The first-order valence-electron chi connectivity index (χ1n) is 6.61. The van der Waals surface area contributed by atoms with Crippen molar-refractivity contribution >= 4 is 5.78 Å². The lowest BCUT2D eigenvalue weighted by Gasteiger charge is -2.25. The highest BCUT2D eigenvalue weighted by Crippen LogP contribution is 2.42. The van der Waals surface area contributed by atoms with Crippen molar-refractivity contribution in [1.82, 2.24) is 0 Å². The summed E-state index contributed by atoms with van der Waals surface area (Å²) in [6.07, 6.45) is 0. The van der Waals surface area contributed by atoms with Gasteiger partial charge in [0, 0.05) is 23.8 Å². The Morgan fingerprint density at radius 3 is 2.59 bits per heavy atom. The number of carbonyl (C=O) groups is 1. The number of phenolic OH excluding ortho intramolecular Hbond substituents is 3. The van der Waals surface area contributed by atoms with Gasteiger partial charge in [-0.1, -0.05) is 6.07 Å². The Morgan fingerprint density at radius 2 is 1.91 bits per heavy atom. The van der Waals surface area contributed by atoms with Gasteiger partial charge in [-0.2, -0.15) is 0 Å². The number of ketones is 1. The summed E-state index contributed by atoms with van der Waals surface area (Å²) in [5.74, 6) is -1.01. The van der Waals surface area contributed by atoms with Gasteiger partial charge in [0.05, 0.1) is 13.0 Å². The third kappa shape index (κ3) is 2.18. The van der Waals surface area contributed by atoms with Gasteiger partial charge in [0.2, 0.25) is 0 Å². The van der Waals surface area contributed by atoms with Crippen molar-refractivity contribution in [1.29, 1.82) is 0 Å². The molecule has 114 valence electrons. The lowest BCUT2D eigenvalue weighted by molar-refractivity contribution is 0.0889. The van der Waals surface area contributed by atoms with Gasteiger partial charge < -0.3 is 24.8 Å². The molecule has 22 heavy (non-hydrogen) atoms. The predicted molar refractivity (Wildman–Crippen MR) is 77.0 cm³/mol. The van der Waals surface area contributed by atoms with Crippen molar-refractivity contribution < 1.29 is 29.6 Å². The van der Waals surface area contributed by atoms with Crippen LogP contribution in [0.3, 0.4) is 0 Å². The number of methoxy groups -OCH3 is 1. The van der Waals surface area contributed by atoms with Crippen LogP contribution in [0.2, 0.25) is 0 Å². The van der Waals surface area contributed by atoms with E-state index in [0.717, 1.165) is 6.07 Å². The highest BCUT2D eigenvalue weighted by molar-refractivity contribution is 6.06. The molecule has 6 heteroatoms. The standard InChI is InChI=1S/C16H14O6/c1-21-9-5-13(19)15-14(6-9)22-7-11(16(15)20)10-3-2-8(17)4-12(10)18/h2-6,11,17-19H,7H2,1H3. The normalized spacial score (nSPS) is 16.8. The van der Waals surface area contributed by atoms with Crippen molar-refractivity contribution in [3.05, 3.63) is 41.5 Å². The molecule has 0 aromatic heterocycles. The number of ether oxygens (including phenoxy) is 2. The molecule has 0 spiro atoms. The summed E-state index contributed by atoms with van der Waals surface area (Å²) in [7, 11) is 1.45. The van der Waals surface area contributed by atoms with Gasteiger partial charge in [-0.25, -0.2) is 0 Å². The number of aromatic hydroxyl groups is 3. The smallest absolute Gasteiger partial charge is 0.181 e. The number of Topliss-reactive ketones (excluding diaryl/α,β-unsaturated/α-hetero) is 1. The lowest BCUT2D eigenvalue weighted by Crippen LogP contribution is -2.26. The van der Waals surface area contributed by atoms with Crippen LogP contribution in [0.15, 0.2) is 30.3 Å². The summed E-state index contributed by atoms with van der Waals surface area (Å²) in [5.41, 5.74) is 0.396. The number of fused-ring (bicyclic) bond motifs is 1. The molecule has 1 unspecified atom stereocenters. The maximum absolute atomic E-state index is 12.6. The molecule has 3 rings (SSSR count). The van der Waals surface area contributed by atoms with E-state index in [1.54, 1.807) is 0 Å². The van der Waals surface area contributed by atoms with E-state index in [9.17, 15) is 20.1 Å². The van der Waals surface area contributed by atoms with Crippen LogP contribution in [0, 0.1) is 0 Å². The first-order valence-corrected chi connectivity index (χ1v) is 6.61. The Labute approximate surface area is 126 Å². The third-order valence-corrected chi connectivity index (χ3v) is 3.65. The summed E-state index contributed by atoms with van der Waals surface area (Å²) in [5, 5.41) is 29.3. The van der Waals surface area contributed by atoms with Gasteiger partial charge in [-0.3, -0.25) is 4.79 Å². The first kappa shape index (κ1) is 14.1. The summed E-state index contributed by atoms with van der Waals surface area (Å²) < 4.78 is 10.6. The topological polar surface area (TPSA) is 96.2 Å². The van der Waals surface area contributed by atoms with E-state index in [4.69, 9.17) is 9.47 Å². The molecule has 2 aromatic rings. The quantitative estimate of drug-likeness (QED) is 0.787. The third-order valence-electron chi connectivity index (χ3n) is 3.65. The van der Waals surface area contributed by atoms with E-state index in [1.807, 2.05) is 0 Å². The van der Waals surface area contributed by atoms with E-state index in [2.05, 4.69) is 0 Å². The molecule has 0 amide bonds. The van der Waals surface area contributed by atoms with Gasteiger partial charge in [-0.05, 0) is 6.07 Å². The average Bonchev–Trinajstić information content (AvgIpc) is 2.48. The number of hydrogen-bond donors (Lipinski definition) is 3. The molecule has 2 aromatic carbocycles. The van der Waals surface area contributed by atoms with Crippen LogP contribution in [-0.4, -0.2) is 34.8 Å². The van der Waals surface area contributed by atoms with Crippen molar-refractivity contribution in [2.24, 2.45) is 0 Å². The zero-order chi connectivity index (χ0) is 15.9. The summed E-state index contributed by atoms with van der Waals surface area (Å²) in [6, 6.07) is 6.86. The molecule has 1 heterocycles. The van der Waals surface area contributed by atoms with Gasteiger partial charge >= 0.3 is 0 Å². The molecule has 0 bridgehead atoms. The molecule has 0 saturated heterocycles. The number of hydrogen-bond acceptors (Lipinski definition) is 6. The Kier molecular flexibility index (Phi) is 3.29. The van der Waals surface area contributed by atoms with Crippen molar-refractivity contribution in [2.75, 3.05) is 13.7 Å². The highest BCUT2D eigenvalue weighted by Gasteiger charge is 2.34. The number of benzene rings is 2. The molecule has 0 radical (unpaired) electrons. The maximum atomic E-state index is 12.6. The van der Waals surface area contributed by atoms with Crippen LogP contribution in [-0.2, 0) is 0 Å². The summed E-state index contributed by atoms with van der Waals surface area (Å²) >= 11 is 0. The second-order valence-electron chi connectivity index (χ2n) is 4.99. The van der Waals surface area contributed by atoms with Crippen LogP contribution in [0.5, 0.6) is 28.7 Å². The van der Waals surface area contributed by atoms with Gasteiger partial charge in [-0.15, -0.1) is 0 Å². The molecule has 0 fully saturated rings. The Hall–Kier alpha value is -2.89. The minimum atomic E-state index is -0.757. The molecule has 6 nitrogen and oxygen atoms in total. The summed E-state index contributed by atoms with van der Waals surface area (Å²) in [6.45, 7) is 0.0246. The first-order chi connectivity index (χ1) is 10.5. The molecule has 1 atom stereocenters. The van der Waals surface area contributed by atoms with Crippen LogP contribution < -0.4 is 9.47 Å². The van der Waals surface area contributed by atoms with Crippen LogP contribution >= 0.6 is 0 Å². The second kappa shape index (κ2) is 5.14. The molecule has 3 N–H and O–H groups in total. The Bertz CT molecular complexity index is 753. The lowest BCUT2D eigenvalue weighted by atomic mass is 9.88. The van der Waals surface area contributed by atoms with Gasteiger partial charge in [0.1, 0.15) is 40.9 Å². The molecule has 1 aliphatic rings. The fourth-order valence-electron chi connectivity index (χ4n) is 2.54. The van der Waals surface area contributed by atoms with Gasteiger partial charge in [0.15, 0.2) is 5.78 Å². The average molecular weight is 302 g/mol. The van der Waals surface area contributed by atoms with E-state index in [0.29, 0.717) is 11.3 Å². The monoisotopic (exact) mass is 302 g/mol. The fraction of sp³-hybridized carbons (Fsp3) is 0.188. The van der Waals surface area contributed by atoms with E-state index < -0.39 is 5.92 Å².